The highest BCUT2D eigenvalue weighted by Crippen LogP contribution is 2.22. The van der Waals surface area contributed by atoms with Crippen LogP contribution in [0.1, 0.15) is 52.4 Å². The van der Waals surface area contributed by atoms with Crippen molar-refractivity contribution >= 4 is 5.91 Å². The first-order valence-corrected chi connectivity index (χ1v) is 6.60. The molecule has 2 atom stereocenters. The molecule has 0 heterocycles. The van der Waals surface area contributed by atoms with Crippen molar-refractivity contribution < 1.29 is 4.79 Å². The highest BCUT2D eigenvalue weighted by molar-refractivity contribution is 5.82. The van der Waals surface area contributed by atoms with Crippen LogP contribution in [0.4, 0.5) is 0 Å². The summed E-state index contributed by atoms with van der Waals surface area (Å²) in [5.74, 6) is 0.403. The Labute approximate surface area is 99.4 Å². The van der Waals surface area contributed by atoms with E-state index in [1.54, 1.807) is 0 Å². The van der Waals surface area contributed by atoms with Crippen molar-refractivity contribution in [2.75, 3.05) is 7.05 Å². The van der Waals surface area contributed by atoms with Crippen LogP contribution in [-0.2, 0) is 4.79 Å². The first kappa shape index (κ1) is 13.5. The molecule has 0 bridgehead atoms. The third kappa shape index (κ3) is 3.21. The van der Waals surface area contributed by atoms with Crippen LogP contribution in [-0.4, -0.2) is 29.9 Å². The molecule has 0 aromatic heterocycles. The van der Waals surface area contributed by atoms with Gasteiger partial charge in [0.1, 0.15) is 0 Å². The molecular weight excluding hydrogens is 200 g/mol. The summed E-state index contributed by atoms with van der Waals surface area (Å²) in [5, 5.41) is 0. The minimum atomic E-state index is -0.322. The van der Waals surface area contributed by atoms with E-state index in [0.29, 0.717) is 6.04 Å². The van der Waals surface area contributed by atoms with Gasteiger partial charge in [-0.3, -0.25) is 4.79 Å². The fourth-order valence-corrected chi connectivity index (χ4v) is 2.38. The van der Waals surface area contributed by atoms with Crippen LogP contribution in [0.25, 0.3) is 0 Å². The third-order valence-corrected chi connectivity index (χ3v) is 4.01. The summed E-state index contributed by atoms with van der Waals surface area (Å²) < 4.78 is 0. The topological polar surface area (TPSA) is 46.3 Å². The Balaban J connectivity index is 2.51. The number of likely N-dealkylation sites (N-methyl/N-ethyl adjacent to an activating group) is 1. The van der Waals surface area contributed by atoms with Gasteiger partial charge in [-0.05, 0) is 18.8 Å². The first-order chi connectivity index (χ1) is 7.57. The lowest BCUT2D eigenvalue weighted by Crippen LogP contribution is -2.49. The van der Waals surface area contributed by atoms with Gasteiger partial charge in [0.05, 0.1) is 6.04 Å². The van der Waals surface area contributed by atoms with Gasteiger partial charge in [0.15, 0.2) is 0 Å². The Hall–Kier alpha value is -0.570. The molecule has 16 heavy (non-hydrogen) atoms. The van der Waals surface area contributed by atoms with Crippen LogP contribution in [0.3, 0.4) is 0 Å². The molecule has 0 saturated heterocycles. The maximum atomic E-state index is 12.1. The lowest BCUT2D eigenvalue weighted by Gasteiger charge is -2.34. The highest BCUT2D eigenvalue weighted by Gasteiger charge is 2.28. The highest BCUT2D eigenvalue weighted by atomic mass is 16.2. The smallest absolute Gasteiger partial charge is 0.239 e. The summed E-state index contributed by atoms with van der Waals surface area (Å²) in [4.78, 5) is 14.0. The van der Waals surface area contributed by atoms with Crippen molar-refractivity contribution in [2.24, 2.45) is 11.7 Å². The van der Waals surface area contributed by atoms with Crippen LogP contribution in [0.5, 0.6) is 0 Å². The van der Waals surface area contributed by atoms with Crippen molar-refractivity contribution in [3.63, 3.8) is 0 Å². The van der Waals surface area contributed by atoms with Gasteiger partial charge in [-0.15, -0.1) is 0 Å². The number of amides is 1. The van der Waals surface area contributed by atoms with Crippen molar-refractivity contribution in [3.8, 4) is 0 Å². The summed E-state index contributed by atoms with van der Waals surface area (Å²) in [6, 6.07) is 0.105. The molecular formula is C13H26N2O. The second kappa shape index (κ2) is 6.24. The molecule has 1 amide bonds. The van der Waals surface area contributed by atoms with Crippen LogP contribution in [0, 0.1) is 5.92 Å². The molecule has 3 nitrogen and oxygen atoms in total. The Bertz CT molecular complexity index is 224. The van der Waals surface area contributed by atoms with Crippen LogP contribution >= 0.6 is 0 Å². The van der Waals surface area contributed by atoms with E-state index < -0.39 is 0 Å². The minimum Gasteiger partial charge on any atom is -0.341 e. The SMILES string of the molecule is CCC(C)[C@H](N)C(=O)N(C)C1CCCCC1. The van der Waals surface area contributed by atoms with Crippen LogP contribution in [0.15, 0.2) is 0 Å². The quantitative estimate of drug-likeness (QED) is 0.798. The number of carbonyl (C=O) groups is 1. The zero-order valence-corrected chi connectivity index (χ0v) is 10.9. The molecule has 1 aliphatic carbocycles. The van der Waals surface area contributed by atoms with E-state index >= 15 is 0 Å². The van der Waals surface area contributed by atoms with E-state index in [-0.39, 0.29) is 17.9 Å². The molecule has 94 valence electrons. The normalized spacial score (nSPS) is 21.5. The number of hydrogen-bond acceptors (Lipinski definition) is 2. The molecule has 0 aliphatic heterocycles. The molecule has 1 unspecified atom stereocenters. The second-order valence-electron chi connectivity index (χ2n) is 5.15. The zero-order valence-electron chi connectivity index (χ0n) is 10.9. The van der Waals surface area contributed by atoms with Gasteiger partial charge in [0.25, 0.3) is 0 Å². The Morgan fingerprint density at radius 1 is 1.38 bits per heavy atom. The molecule has 0 aromatic carbocycles. The number of carbonyl (C=O) groups excluding carboxylic acids is 1. The molecule has 1 aliphatic rings. The van der Waals surface area contributed by atoms with Gasteiger partial charge in [-0.1, -0.05) is 39.5 Å². The predicted molar refractivity (Wildman–Crippen MR) is 67.1 cm³/mol. The summed E-state index contributed by atoms with van der Waals surface area (Å²) in [6.07, 6.45) is 7.08. The average molecular weight is 226 g/mol. The summed E-state index contributed by atoms with van der Waals surface area (Å²) in [6.45, 7) is 4.13. The lowest BCUT2D eigenvalue weighted by atomic mass is 9.92. The molecule has 1 saturated carbocycles. The fraction of sp³-hybridized carbons (Fsp3) is 0.923. The largest absolute Gasteiger partial charge is 0.341 e. The van der Waals surface area contributed by atoms with Gasteiger partial charge in [0, 0.05) is 13.1 Å². The molecule has 1 fully saturated rings. The maximum absolute atomic E-state index is 12.1. The van der Waals surface area contributed by atoms with E-state index in [1.165, 1.54) is 19.3 Å². The van der Waals surface area contributed by atoms with Gasteiger partial charge in [-0.2, -0.15) is 0 Å². The van der Waals surface area contributed by atoms with E-state index in [9.17, 15) is 4.79 Å². The molecule has 0 aromatic rings. The van der Waals surface area contributed by atoms with Crippen molar-refractivity contribution in [1.29, 1.82) is 0 Å². The standard InChI is InChI=1S/C13H26N2O/c1-4-10(2)12(14)13(16)15(3)11-8-6-5-7-9-11/h10-12H,4-9,14H2,1-3H3/t10?,12-/m0/s1. The number of nitrogens with zero attached hydrogens (tertiary/aromatic N) is 1. The number of rotatable bonds is 4. The predicted octanol–water partition coefficient (Wildman–Crippen LogP) is 2.15. The van der Waals surface area contributed by atoms with Gasteiger partial charge >= 0.3 is 0 Å². The molecule has 0 radical (unpaired) electrons. The molecule has 2 N–H and O–H groups in total. The first-order valence-electron chi connectivity index (χ1n) is 6.60. The van der Waals surface area contributed by atoms with Crippen LogP contribution in [0.2, 0.25) is 0 Å². The van der Waals surface area contributed by atoms with E-state index in [4.69, 9.17) is 5.73 Å². The molecule has 3 heteroatoms. The molecule has 0 spiro atoms. The fourth-order valence-electron chi connectivity index (χ4n) is 2.38. The molecule has 1 rings (SSSR count). The minimum absolute atomic E-state index is 0.126. The number of nitrogens with two attached hydrogens (primary N) is 1. The van der Waals surface area contributed by atoms with Gasteiger partial charge < -0.3 is 10.6 Å². The Morgan fingerprint density at radius 2 is 1.94 bits per heavy atom. The average Bonchev–Trinajstić information content (AvgIpc) is 2.36. The maximum Gasteiger partial charge on any atom is 0.239 e. The number of hydrogen-bond donors (Lipinski definition) is 1. The van der Waals surface area contributed by atoms with Crippen LogP contribution < -0.4 is 5.73 Å². The third-order valence-electron chi connectivity index (χ3n) is 4.01. The zero-order chi connectivity index (χ0) is 12.1. The van der Waals surface area contributed by atoms with Gasteiger partial charge in [-0.25, -0.2) is 0 Å². The van der Waals surface area contributed by atoms with Crippen molar-refractivity contribution in [1.82, 2.24) is 4.90 Å². The monoisotopic (exact) mass is 226 g/mol. The van der Waals surface area contributed by atoms with E-state index in [1.807, 2.05) is 11.9 Å². The van der Waals surface area contributed by atoms with E-state index in [2.05, 4.69) is 13.8 Å². The Kier molecular flexibility index (Phi) is 5.26. The lowest BCUT2D eigenvalue weighted by molar-refractivity contribution is -0.135. The summed E-state index contributed by atoms with van der Waals surface area (Å²) in [5.41, 5.74) is 5.99. The van der Waals surface area contributed by atoms with Crippen molar-refractivity contribution in [3.05, 3.63) is 0 Å². The summed E-state index contributed by atoms with van der Waals surface area (Å²) in [7, 11) is 1.92. The van der Waals surface area contributed by atoms with Crippen molar-refractivity contribution in [2.45, 2.75) is 64.5 Å². The Morgan fingerprint density at radius 3 is 2.44 bits per heavy atom. The van der Waals surface area contributed by atoms with Gasteiger partial charge in [0.2, 0.25) is 5.91 Å². The summed E-state index contributed by atoms with van der Waals surface area (Å²) >= 11 is 0. The second-order valence-corrected chi connectivity index (χ2v) is 5.15. The van der Waals surface area contributed by atoms with E-state index in [0.717, 1.165) is 19.3 Å².